The molecule has 132 valence electrons. The van der Waals surface area contributed by atoms with E-state index in [2.05, 4.69) is 4.98 Å². The van der Waals surface area contributed by atoms with Gasteiger partial charge in [0.15, 0.2) is 0 Å². The van der Waals surface area contributed by atoms with Gasteiger partial charge in [-0.3, -0.25) is 0 Å². The first-order valence-corrected chi connectivity index (χ1v) is 8.89. The highest BCUT2D eigenvalue weighted by Crippen LogP contribution is 2.59. The van der Waals surface area contributed by atoms with Crippen LogP contribution in [-0.2, 0) is 0 Å². The second-order valence-corrected chi connectivity index (χ2v) is 7.37. The van der Waals surface area contributed by atoms with Crippen LogP contribution in [0.1, 0.15) is 42.2 Å². The lowest BCUT2D eigenvalue weighted by atomic mass is 9.89. The van der Waals surface area contributed by atoms with Gasteiger partial charge in [0.25, 0.3) is 0 Å². The summed E-state index contributed by atoms with van der Waals surface area (Å²) in [6.45, 7) is 0. The van der Waals surface area contributed by atoms with Crippen molar-refractivity contribution in [1.82, 2.24) is 4.98 Å². The molecule has 5 heteroatoms. The van der Waals surface area contributed by atoms with Crippen molar-refractivity contribution in [2.24, 2.45) is 0 Å². The molecule has 2 bridgehead atoms. The molecule has 5 N–H and O–H groups in total. The summed E-state index contributed by atoms with van der Waals surface area (Å²) in [6.07, 6.45) is 3.44. The Labute approximate surface area is 150 Å². The molecule has 0 aliphatic heterocycles. The Morgan fingerprint density at radius 2 is 1.23 bits per heavy atom. The maximum atomic E-state index is 13.5. The van der Waals surface area contributed by atoms with Crippen LogP contribution < -0.4 is 11.5 Å². The van der Waals surface area contributed by atoms with E-state index in [1.54, 1.807) is 12.1 Å². The Morgan fingerprint density at radius 3 is 1.65 bits per heavy atom. The van der Waals surface area contributed by atoms with Crippen LogP contribution in [-0.4, -0.2) is 4.98 Å². The van der Waals surface area contributed by atoms with Crippen molar-refractivity contribution >= 4 is 11.4 Å². The fourth-order valence-corrected chi connectivity index (χ4v) is 4.83. The number of nitrogens with two attached hydrogens (primary N) is 2. The predicted octanol–water partition coefficient (Wildman–Crippen LogP) is 5.16. The molecular formula is C21H19F2N3. The lowest BCUT2D eigenvalue weighted by Crippen LogP contribution is -1.99. The molecule has 1 fully saturated rings. The molecule has 0 saturated heterocycles. The molecule has 2 aliphatic rings. The zero-order valence-corrected chi connectivity index (χ0v) is 14.2. The Bertz CT molecular complexity index is 958. The quantitative estimate of drug-likeness (QED) is 0.559. The number of fused-ring (bicyclic) bond motifs is 5. The summed E-state index contributed by atoms with van der Waals surface area (Å²) >= 11 is 0. The van der Waals surface area contributed by atoms with Crippen molar-refractivity contribution in [1.29, 1.82) is 0 Å². The first kappa shape index (κ1) is 15.4. The average molecular weight is 351 g/mol. The number of H-pyrrole nitrogens is 1. The van der Waals surface area contributed by atoms with Gasteiger partial charge in [0.2, 0.25) is 0 Å². The maximum Gasteiger partial charge on any atom is 0.125 e. The van der Waals surface area contributed by atoms with Crippen molar-refractivity contribution < 1.29 is 8.78 Å². The standard InChI is InChI=1S/C21H19F2N3/c22-12-3-5-14(16(24)8-12)20-18-10-1-2-11(7-10)19(18)21(26-20)15-6-4-13(23)9-17(15)25/h3-6,8-11,26H,1-2,7,24-25H2. The second kappa shape index (κ2) is 5.34. The highest BCUT2D eigenvalue weighted by Gasteiger charge is 2.42. The predicted molar refractivity (Wildman–Crippen MR) is 99.7 cm³/mol. The molecule has 0 radical (unpaired) electrons. The maximum absolute atomic E-state index is 13.5. The minimum absolute atomic E-state index is 0.348. The van der Waals surface area contributed by atoms with Crippen LogP contribution in [0.2, 0.25) is 0 Å². The largest absolute Gasteiger partial charge is 0.398 e. The molecule has 1 heterocycles. The first-order chi connectivity index (χ1) is 12.5. The summed E-state index contributed by atoms with van der Waals surface area (Å²) in [5.41, 5.74) is 19.1. The fraction of sp³-hybridized carbons (Fsp3) is 0.238. The van der Waals surface area contributed by atoms with E-state index in [9.17, 15) is 8.78 Å². The van der Waals surface area contributed by atoms with Crippen molar-refractivity contribution in [3.8, 4) is 22.5 Å². The molecule has 3 nitrogen and oxygen atoms in total. The summed E-state index contributed by atoms with van der Waals surface area (Å²) in [6, 6.07) is 9.00. The molecule has 3 aromatic rings. The van der Waals surface area contributed by atoms with Gasteiger partial charge in [-0.1, -0.05) is 0 Å². The number of nitrogen functional groups attached to an aromatic ring is 2. The van der Waals surface area contributed by atoms with E-state index >= 15 is 0 Å². The summed E-state index contributed by atoms with van der Waals surface area (Å²) in [7, 11) is 0. The van der Waals surface area contributed by atoms with Gasteiger partial charge in [-0.25, -0.2) is 8.78 Å². The van der Waals surface area contributed by atoms with Crippen molar-refractivity contribution in [3.63, 3.8) is 0 Å². The average Bonchev–Trinajstić information content (AvgIpc) is 3.27. The number of rotatable bonds is 2. The molecule has 2 unspecified atom stereocenters. The number of aromatic amines is 1. The number of hydrogen-bond acceptors (Lipinski definition) is 2. The number of anilines is 2. The van der Waals surface area contributed by atoms with Gasteiger partial charge in [-0.15, -0.1) is 0 Å². The van der Waals surface area contributed by atoms with E-state index in [4.69, 9.17) is 11.5 Å². The lowest BCUT2D eigenvalue weighted by molar-refractivity contribution is 0.628. The molecule has 5 rings (SSSR count). The monoisotopic (exact) mass is 351 g/mol. The smallest absolute Gasteiger partial charge is 0.125 e. The fourth-order valence-electron chi connectivity index (χ4n) is 4.83. The van der Waals surface area contributed by atoms with E-state index in [-0.39, 0.29) is 11.6 Å². The SMILES string of the molecule is Nc1cc(F)ccc1-c1[nH]c(-c2ccc(F)cc2N)c2c1C1CCC2C1. The Balaban J connectivity index is 1.77. The number of halogens is 2. The Hall–Kier alpha value is -2.82. The van der Waals surface area contributed by atoms with Crippen LogP contribution in [0.15, 0.2) is 36.4 Å². The topological polar surface area (TPSA) is 67.8 Å². The molecule has 0 amide bonds. The summed E-state index contributed by atoms with van der Waals surface area (Å²) < 4.78 is 27.0. The van der Waals surface area contributed by atoms with Gasteiger partial charge in [0, 0.05) is 22.5 Å². The van der Waals surface area contributed by atoms with E-state index in [0.29, 0.717) is 23.2 Å². The summed E-state index contributed by atoms with van der Waals surface area (Å²) in [4.78, 5) is 3.50. The molecule has 2 atom stereocenters. The van der Waals surface area contributed by atoms with Gasteiger partial charge < -0.3 is 16.5 Å². The van der Waals surface area contributed by atoms with Gasteiger partial charge >= 0.3 is 0 Å². The van der Waals surface area contributed by atoms with Gasteiger partial charge in [-0.2, -0.15) is 0 Å². The Kier molecular flexibility index (Phi) is 3.17. The van der Waals surface area contributed by atoms with E-state index in [1.165, 1.54) is 35.4 Å². The molecule has 2 aliphatic carbocycles. The summed E-state index contributed by atoms with van der Waals surface area (Å²) in [5, 5.41) is 0. The highest BCUT2D eigenvalue weighted by molar-refractivity contribution is 5.86. The normalized spacial score (nSPS) is 20.5. The van der Waals surface area contributed by atoms with Gasteiger partial charge in [0.1, 0.15) is 11.6 Å². The van der Waals surface area contributed by atoms with Crippen LogP contribution >= 0.6 is 0 Å². The van der Waals surface area contributed by atoms with Crippen LogP contribution in [0.25, 0.3) is 22.5 Å². The minimum Gasteiger partial charge on any atom is -0.398 e. The number of hydrogen-bond donors (Lipinski definition) is 3. The molecule has 26 heavy (non-hydrogen) atoms. The van der Waals surface area contributed by atoms with Crippen LogP contribution in [0, 0.1) is 11.6 Å². The van der Waals surface area contributed by atoms with Crippen LogP contribution in [0.5, 0.6) is 0 Å². The Morgan fingerprint density at radius 1 is 0.769 bits per heavy atom. The van der Waals surface area contributed by atoms with E-state index in [1.807, 2.05) is 0 Å². The number of aromatic nitrogens is 1. The molecular weight excluding hydrogens is 332 g/mol. The van der Waals surface area contributed by atoms with Crippen molar-refractivity contribution in [2.45, 2.75) is 31.1 Å². The molecule has 1 saturated carbocycles. The summed E-state index contributed by atoms with van der Waals surface area (Å²) in [5.74, 6) is 0.278. The third-order valence-electron chi connectivity index (χ3n) is 5.89. The molecule has 2 aromatic carbocycles. The van der Waals surface area contributed by atoms with E-state index < -0.39 is 0 Å². The second-order valence-electron chi connectivity index (χ2n) is 7.37. The van der Waals surface area contributed by atoms with Crippen molar-refractivity contribution in [2.75, 3.05) is 11.5 Å². The van der Waals surface area contributed by atoms with Crippen LogP contribution in [0.3, 0.4) is 0 Å². The van der Waals surface area contributed by atoms with Gasteiger partial charge in [-0.05, 0) is 78.6 Å². The van der Waals surface area contributed by atoms with Crippen LogP contribution in [0.4, 0.5) is 20.2 Å². The third-order valence-corrected chi connectivity index (χ3v) is 5.89. The molecule has 0 spiro atoms. The molecule has 1 aromatic heterocycles. The zero-order valence-electron chi connectivity index (χ0n) is 14.2. The third kappa shape index (κ3) is 2.09. The minimum atomic E-state index is -0.348. The number of nitrogens with one attached hydrogen (secondary N) is 1. The van der Waals surface area contributed by atoms with E-state index in [0.717, 1.165) is 41.8 Å². The first-order valence-electron chi connectivity index (χ1n) is 8.89. The number of benzene rings is 2. The van der Waals surface area contributed by atoms with Crippen molar-refractivity contribution in [3.05, 3.63) is 59.2 Å². The highest BCUT2D eigenvalue weighted by atomic mass is 19.1. The lowest BCUT2D eigenvalue weighted by Gasteiger charge is -2.14. The zero-order chi connectivity index (χ0) is 18.0. The van der Waals surface area contributed by atoms with Gasteiger partial charge in [0.05, 0.1) is 11.4 Å².